The summed E-state index contributed by atoms with van der Waals surface area (Å²) >= 11 is 0. The lowest BCUT2D eigenvalue weighted by atomic mass is 10.0. The normalized spacial score (nSPS) is 20.0. The molecule has 0 radical (unpaired) electrons. The van der Waals surface area contributed by atoms with Crippen molar-refractivity contribution in [3.05, 3.63) is 0 Å². The van der Waals surface area contributed by atoms with Gasteiger partial charge in [-0.1, -0.05) is 0 Å². The molecule has 0 aliphatic carbocycles. The molecule has 12 heteroatoms. The second-order valence-electron chi connectivity index (χ2n) is 4.79. The van der Waals surface area contributed by atoms with E-state index in [2.05, 4.69) is 0 Å². The van der Waals surface area contributed by atoms with Crippen LogP contribution in [0.5, 0.6) is 0 Å². The molecule has 0 fully saturated rings. The Morgan fingerprint density at radius 3 is 1.12 bits per heavy atom. The van der Waals surface area contributed by atoms with Gasteiger partial charge in [0, 0.05) is 0 Å². The number of ketones is 1. The quantitative estimate of drug-likeness (QED) is 0.174. The predicted octanol–water partition coefficient (Wildman–Crippen LogP) is -6.96. The molecular formula is C12H26O12. The molecule has 0 saturated carbocycles. The highest BCUT2D eigenvalue weighted by molar-refractivity contribution is 5.84. The summed E-state index contributed by atoms with van der Waals surface area (Å²) in [6, 6.07) is 0. The van der Waals surface area contributed by atoms with Crippen LogP contribution < -0.4 is 0 Å². The van der Waals surface area contributed by atoms with Crippen LogP contribution >= 0.6 is 0 Å². The summed E-state index contributed by atoms with van der Waals surface area (Å²) in [7, 11) is 0. The molecule has 0 aromatic rings. The molecule has 0 aliphatic heterocycles. The van der Waals surface area contributed by atoms with E-state index >= 15 is 0 Å². The molecule has 0 heterocycles. The fraction of sp³-hybridized carbons (Fsp3) is 0.917. The number of aliphatic hydroxyl groups is 11. The van der Waals surface area contributed by atoms with E-state index in [1.165, 1.54) is 0 Å². The second kappa shape index (κ2) is 13.5. The average Bonchev–Trinajstić information content (AvgIpc) is 2.62. The minimum atomic E-state index is -1.86. The van der Waals surface area contributed by atoms with Gasteiger partial charge in [-0.2, -0.15) is 0 Å². The van der Waals surface area contributed by atoms with Crippen LogP contribution in [0.1, 0.15) is 0 Å². The van der Waals surface area contributed by atoms with Gasteiger partial charge < -0.3 is 56.2 Å². The van der Waals surface area contributed by atoms with Crippen LogP contribution in [-0.2, 0) is 4.79 Å². The first-order chi connectivity index (χ1) is 11.1. The highest BCUT2D eigenvalue weighted by atomic mass is 16.4. The van der Waals surface area contributed by atoms with Gasteiger partial charge in [0.1, 0.15) is 49.3 Å². The van der Waals surface area contributed by atoms with Gasteiger partial charge in [0.15, 0.2) is 5.78 Å². The smallest absolute Gasteiger partial charge is 0.189 e. The van der Waals surface area contributed by atoms with Crippen LogP contribution in [-0.4, -0.2) is 131 Å². The van der Waals surface area contributed by atoms with Crippen LogP contribution in [0, 0.1) is 0 Å². The third kappa shape index (κ3) is 8.91. The van der Waals surface area contributed by atoms with Gasteiger partial charge in [-0.25, -0.2) is 0 Å². The summed E-state index contributed by atoms with van der Waals surface area (Å²) in [5, 5.41) is 95.2. The summed E-state index contributed by atoms with van der Waals surface area (Å²) in [6.07, 6.45) is -11.6. The molecule has 0 unspecified atom stereocenters. The molecule has 0 amide bonds. The highest BCUT2D eigenvalue weighted by Gasteiger charge is 2.29. The minimum Gasteiger partial charge on any atom is -0.394 e. The fourth-order valence-corrected chi connectivity index (χ4v) is 1.27. The number of carbonyl (C=O) groups is 1. The lowest BCUT2D eigenvalue weighted by Gasteiger charge is -2.24. The van der Waals surface area contributed by atoms with Crippen molar-refractivity contribution >= 4 is 5.78 Å². The topological polar surface area (TPSA) is 240 Å². The Bertz CT molecular complexity index is 313. The Morgan fingerprint density at radius 2 is 0.875 bits per heavy atom. The van der Waals surface area contributed by atoms with Crippen LogP contribution in [0.25, 0.3) is 0 Å². The van der Waals surface area contributed by atoms with Crippen molar-refractivity contribution < 1.29 is 61.0 Å². The summed E-state index contributed by atoms with van der Waals surface area (Å²) in [5.74, 6) is -1.00. The summed E-state index contributed by atoms with van der Waals surface area (Å²) in [4.78, 5) is 10.5. The van der Waals surface area contributed by atoms with E-state index in [4.69, 9.17) is 56.2 Å². The number of hydrogen-bond donors (Lipinski definition) is 11. The summed E-state index contributed by atoms with van der Waals surface area (Å²) in [5.41, 5.74) is 0. The van der Waals surface area contributed by atoms with Crippen molar-refractivity contribution in [2.24, 2.45) is 0 Å². The maximum absolute atomic E-state index is 10.5. The second-order valence-corrected chi connectivity index (χ2v) is 4.79. The summed E-state index contributed by atoms with van der Waals surface area (Å²) < 4.78 is 0. The molecule has 12 nitrogen and oxygen atoms in total. The first-order valence-electron chi connectivity index (χ1n) is 6.81. The maximum Gasteiger partial charge on any atom is 0.189 e. The molecule has 0 spiro atoms. The molecule has 11 N–H and O–H groups in total. The number of aliphatic hydroxyl groups excluding tert-OH is 11. The Balaban J connectivity index is 0. The number of Topliss-reactive ketones (excluding diaryl/α,β-unsaturated/α-hetero) is 1. The van der Waals surface area contributed by atoms with Gasteiger partial charge in [0.05, 0.1) is 19.8 Å². The van der Waals surface area contributed by atoms with Crippen molar-refractivity contribution in [1.29, 1.82) is 0 Å². The number of carbonyl (C=O) groups excluding carboxylic acids is 1. The molecule has 0 rings (SSSR count). The molecule has 0 saturated heterocycles. The molecule has 146 valence electrons. The van der Waals surface area contributed by atoms with Crippen molar-refractivity contribution in [1.82, 2.24) is 0 Å². The predicted molar refractivity (Wildman–Crippen MR) is 75.4 cm³/mol. The van der Waals surface area contributed by atoms with Gasteiger partial charge >= 0.3 is 0 Å². The van der Waals surface area contributed by atoms with Crippen LogP contribution in [0.3, 0.4) is 0 Å². The van der Waals surface area contributed by atoms with E-state index in [1.54, 1.807) is 0 Å². The maximum atomic E-state index is 10.5. The summed E-state index contributed by atoms with van der Waals surface area (Å²) in [6.45, 7) is -3.14. The third-order valence-corrected chi connectivity index (χ3v) is 2.90. The Hall–Kier alpha value is -0.770. The molecule has 0 aromatic heterocycles. The van der Waals surface area contributed by atoms with Gasteiger partial charge in [0.2, 0.25) is 0 Å². The fourth-order valence-electron chi connectivity index (χ4n) is 1.27. The van der Waals surface area contributed by atoms with Gasteiger partial charge in [0.25, 0.3) is 0 Å². The Kier molecular flexibility index (Phi) is 14.3. The zero-order valence-electron chi connectivity index (χ0n) is 12.7. The van der Waals surface area contributed by atoms with Crippen molar-refractivity contribution in [2.75, 3.05) is 26.4 Å². The monoisotopic (exact) mass is 362 g/mol. The van der Waals surface area contributed by atoms with Crippen molar-refractivity contribution in [3.63, 3.8) is 0 Å². The van der Waals surface area contributed by atoms with Crippen LogP contribution in [0.2, 0.25) is 0 Å². The van der Waals surface area contributed by atoms with E-state index in [0.717, 1.165) is 0 Å². The molecular weight excluding hydrogens is 336 g/mol. The number of rotatable bonds is 10. The zero-order chi connectivity index (χ0) is 19.4. The molecule has 0 aromatic carbocycles. The minimum absolute atomic E-state index is 0.726. The number of hydrogen-bond acceptors (Lipinski definition) is 12. The third-order valence-electron chi connectivity index (χ3n) is 2.90. The van der Waals surface area contributed by atoms with E-state index in [-0.39, 0.29) is 0 Å². The molecule has 0 aliphatic rings. The zero-order valence-corrected chi connectivity index (χ0v) is 12.7. The first-order valence-corrected chi connectivity index (χ1v) is 6.81. The van der Waals surface area contributed by atoms with Gasteiger partial charge in [-0.3, -0.25) is 4.79 Å². The highest BCUT2D eigenvalue weighted by Crippen LogP contribution is 2.04. The van der Waals surface area contributed by atoms with E-state index in [1.807, 2.05) is 0 Å². The molecule has 0 bridgehead atoms. The van der Waals surface area contributed by atoms with E-state index < -0.39 is 74.9 Å². The largest absolute Gasteiger partial charge is 0.394 e. The lowest BCUT2D eigenvalue weighted by molar-refractivity contribution is -0.142. The van der Waals surface area contributed by atoms with Crippen molar-refractivity contribution in [3.8, 4) is 0 Å². The lowest BCUT2D eigenvalue weighted by Crippen LogP contribution is -2.46. The van der Waals surface area contributed by atoms with Crippen LogP contribution in [0.4, 0.5) is 0 Å². The SMILES string of the molecule is O=C(CO)[C@@H](O)[C@H](O)[C@H](O)CO.OC[C@@H](O)[C@@H](O)[C@H](O)[C@H](O)CO. The van der Waals surface area contributed by atoms with Gasteiger partial charge in [-0.15, -0.1) is 0 Å². The average molecular weight is 362 g/mol. The standard InChI is InChI=1S/C6H14O6.C6H12O6/c2*7-1-3(9)5(11)6(12)4(10)2-8/h3-12H,1-2H2;3,5-9,11-12H,1-2H2/t3-,4-,5-,6-;3-,5-,6-/m11/s1. The Morgan fingerprint density at radius 1 is 0.583 bits per heavy atom. The molecule has 24 heavy (non-hydrogen) atoms. The van der Waals surface area contributed by atoms with E-state index in [9.17, 15) is 4.79 Å². The van der Waals surface area contributed by atoms with Crippen molar-refractivity contribution in [2.45, 2.75) is 42.7 Å². The van der Waals surface area contributed by atoms with E-state index in [0.29, 0.717) is 0 Å². The van der Waals surface area contributed by atoms with Gasteiger partial charge in [-0.05, 0) is 0 Å². The van der Waals surface area contributed by atoms with Crippen LogP contribution in [0.15, 0.2) is 0 Å². The molecule has 7 atom stereocenters. The first kappa shape index (κ1) is 25.5. The Labute approximate surface area is 137 Å².